The second-order valence-corrected chi connectivity index (χ2v) is 6.95. The van der Waals surface area contributed by atoms with Crippen LogP contribution in [0.1, 0.15) is 30.9 Å². The number of nitrogens with one attached hydrogen (secondary N) is 2. The summed E-state index contributed by atoms with van der Waals surface area (Å²) >= 11 is 0. The molecule has 1 atom stereocenters. The molecule has 0 radical (unpaired) electrons. The molecule has 0 spiro atoms. The average Bonchev–Trinajstić information content (AvgIpc) is 2.74. The summed E-state index contributed by atoms with van der Waals surface area (Å²) in [7, 11) is 1.68. The van der Waals surface area contributed by atoms with Crippen LogP contribution in [-0.4, -0.2) is 39.3 Å². The molecule has 0 bridgehead atoms. The van der Waals surface area contributed by atoms with E-state index in [9.17, 15) is 4.79 Å². The number of piperidine rings is 1. The van der Waals surface area contributed by atoms with Crippen molar-refractivity contribution in [1.82, 2.24) is 5.32 Å². The largest absolute Gasteiger partial charge is 0.497 e. The van der Waals surface area contributed by atoms with E-state index in [4.69, 9.17) is 9.47 Å². The van der Waals surface area contributed by atoms with Gasteiger partial charge < -0.3 is 19.7 Å². The molecular formula is C22H29N2O3+. The van der Waals surface area contributed by atoms with Crippen LogP contribution >= 0.6 is 0 Å². The van der Waals surface area contributed by atoms with Crippen molar-refractivity contribution in [1.29, 1.82) is 0 Å². The number of quaternary nitrogens is 1. The van der Waals surface area contributed by atoms with Crippen molar-refractivity contribution in [3.05, 3.63) is 60.2 Å². The molecule has 5 nitrogen and oxygen atoms in total. The predicted octanol–water partition coefficient (Wildman–Crippen LogP) is 2.00. The summed E-state index contributed by atoms with van der Waals surface area (Å²) < 4.78 is 10.8. The van der Waals surface area contributed by atoms with Gasteiger partial charge >= 0.3 is 0 Å². The third kappa shape index (κ3) is 5.73. The fraction of sp³-hybridized carbons (Fsp3) is 0.409. The number of methoxy groups -OCH3 is 1. The van der Waals surface area contributed by atoms with Gasteiger partial charge in [0.25, 0.3) is 5.91 Å². The van der Waals surface area contributed by atoms with Crippen LogP contribution in [0.2, 0.25) is 0 Å². The minimum absolute atomic E-state index is 0.0364. The molecule has 0 aromatic heterocycles. The Hall–Kier alpha value is -2.53. The first-order valence-corrected chi connectivity index (χ1v) is 9.69. The Labute approximate surface area is 161 Å². The number of carbonyl (C=O) groups excluding carboxylic acids is 1. The van der Waals surface area contributed by atoms with E-state index in [1.54, 1.807) is 7.11 Å². The molecule has 2 aromatic rings. The predicted molar refractivity (Wildman–Crippen MR) is 105 cm³/mol. The van der Waals surface area contributed by atoms with Crippen LogP contribution in [0.5, 0.6) is 11.5 Å². The van der Waals surface area contributed by atoms with Gasteiger partial charge in [0, 0.05) is 5.56 Å². The van der Waals surface area contributed by atoms with Crippen LogP contribution in [0.4, 0.5) is 0 Å². The Kier molecular flexibility index (Phi) is 7.11. The zero-order valence-corrected chi connectivity index (χ0v) is 15.9. The number of carbonyl (C=O) groups is 1. The monoisotopic (exact) mass is 369 g/mol. The van der Waals surface area contributed by atoms with E-state index in [2.05, 4.69) is 17.4 Å². The van der Waals surface area contributed by atoms with Gasteiger partial charge in [-0.25, -0.2) is 0 Å². The van der Waals surface area contributed by atoms with Crippen LogP contribution < -0.4 is 19.7 Å². The summed E-state index contributed by atoms with van der Waals surface area (Å²) in [4.78, 5) is 13.8. The minimum Gasteiger partial charge on any atom is -0.497 e. The molecule has 1 heterocycles. The third-order valence-corrected chi connectivity index (χ3v) is 5.12. The highest BCUT2D eigenvalue weighted by Crippen LogP contribution is 2.16. The van der Waals surface area contributed by atoms with Gasteiger partial charge in [-0.3, -0.25) is 4.79 Å². The zero-order valence-electron chi connectivity index (χ0n) is 15.9. The second kappa shape index (κ2) is 9.97. The first-order valence-electron chi connectivity index (χ1n) is 9.69. The smallest absolute Gasteiger partial charge is 0.258 e. The van der Waals surface area contributed by atoms with Gasteiger partial charge in [-0.1, -0.05) is 18.2 Å². The number of rotatable bonds is 8. The van der Waals surface area contributed by atoms with Crippen LogP contribution in [0, 0.1) is 0 Å². The number of hydrogen-bond acceptors (Lipinski definition) is 3. The first kappa shape index (κ1) is 19.2. The Morgan fingerprint density at radius 3 is 2.37 bits per heavy atom. The van der Waals surface area contributed by atoms with Gasteiger partial charge in [0.1, 0.15) is 17.5 Å². The summed E-state index contributed by atoms with van der Waals surface area (Å²) in [5.74, 6) is 1.47. The molecule has 3 rings (SSSR count). The van der Waals surface area contributed by atoms with Gasteiger partial charge in [-0.15, -0.1) is 0 Å². The lowest BCUT2D eigenvalue weighted by Gasteiger charge is -2.32. The Morgan fingerprint density at radius 2 is 1.70 bits per heavy atom. The molecule has 5 heteroatoms. The van der Waals surface area contributed by atoms with E-state index < -0.39 is 0 Å². The van der Waals surface area contributed by atoms with Gasteiger partial charge in [-0.05, 0) is 55.7 Å². The van der Waals surface area contributed by atoms with E-state index in [1.165, 1.54) is 29.7 Å². The number of benzene rings is 2. The molecule has 0 saturated carbocycles. The standard InChI is InChI=1S/C22H28N2O3/c1-26-19-12-10-18(11-13-19)21(24-14-6-3-7-15-24)16-23-22(25)17-27-20-8-4-2-5-9-20/h2,4-5,8-13,21H,3,6-7,14-17H2,1H3,(H,23,25)/p+1/t21-/m0/s1. The van der Waals surface area contributed by atoms with Crippen molar-refractivity contribution in [2.45, 2.75) is 25.3 Å². The molecule has 1 amide bonds. The molecule has 144 valence electrons. The Bertz CT molecular complexity index is 697. The Morgan fingerprint density at radius 1 is 1.00 bits per heavy atom. The van der Waals surface area contributed by atoms with Crippen LogP contribution in [-0.2, 0) is 4.79 Å². The number of para-hydroxylation sites is 1. The summed E-state index contributed by atoms with van der Waals surface area (Å²) in [6, 6.07) is 17.9. The summed E-state index contributed by atoms with van der Waals surface area (Å²) in [5, 5.41) is 3.06. The van der Waals surface area contributed by atoms with Gasteiger partial charge in [0.2, 0.25) is 0 Å². The topological polar surface area (TPSA) is 52.0 Å². The van der Waals surface area contributed by atoms with Crippen molar-refractivity contribution >= 4 is 5.91 Å². The quantitative estimate of drug-likeness (QED) is 0.748. The number of hydrogen-bond donors (Lipinski definition) is 2. The third-order valence-electron chi connectivity index (χ3n) is 5.12. The normalized spacial score (nSPS) is 15.7. The SMILES string of the molecule is COc1ccc([C@H](CNC(=O)COc2ccccc2)[NH+]2CCCCC2)cc1. The van der Waals surface area contributed by atoms with Gasteiger partial charge in [0.05, 0.1) is 26.7 Å². The van der Waals surface area contributed by atoms with Crippen molar-refractivity contribution in [2.75, 3.05) is 33.4 Å². The van der Waals surface area contributed by atoms with Crippen LogP contribution in [0.15, 0.2) is 54.6 Å². The Balaban J connectivity index is 1.59. The molecule has 1 aliphatic heterocycles. The van der Waals surface area contributed by atoms with Crippen LogP contribution in [0.25, 0.3) is 0 Å². The molecule has 0 aliphatic carbocycles. The molecule has 1 saturated heterocycles. The molecular weight excluding hydrogens is 340 g/mol. The number of ether oxygens (including phenoxy) is 2. The fourth-order valence-electron chi connectivity index (χ4n) is 3.62. The molecule has 2 aromatic carbocycles. The zero-order chi connectivity index (χ0) is 18.9. The summed E-state index contributed by atoms with van der Waals surface area (Å²) in [5.41, 5.74) is 1.23. The van der Waals surface area contributed by atoms with Crippen molar-refractivity contribution in [3.8, 4) is 11.5 Å². The number of amides is 1. The van der Waals surface area contributed by atoms with Crippen molar-refractivity contribution in [2.24, 2.45) is 0 Å². The lowest BCUT2D eigenvalue weighted by Crippen LogP contribution is -3.13. The first-order chi connectivity index (χ1) is 13.3. The lowest BCUT2D eigenvalue weighted by molar-refractivity contribution is -0.935. The van der Waals surface area contributed by atoms with Crippen molar-refractivity contribution < 1.29 is 19.2 Å². The van der Waals surface area contributed by atoms with Gasteiger partial charge in [0.15, 0.2) is 6.61 Å². The summed E-state index contributed by atoms with van der Waals surface area (Å²) in [6.07, 6.45) is 3.79. The molecule has 27 heavy (non-hydrogen) atoms. The van der Waals surface area contributed by atoms with Crippen LogP contribution in [0.3, 0.4) is 0 Å². The lowest BCUT2D eigenvalue weighted by atomic mass is 10.0. The molecule has 2 N–H and O–H groups in total. The molecule has 0 unspecified atom stereocenters. The van der Waals surface area contributed by atoms with E-state index in [1.807, 2.05) is 42.5 Å². The van der Waals surface area contributed by atoms with E-state index in [-0.39, 0.29) is 18.6 Å². The molecule has 1 fully saturated rings. The number of likely N-dealkylation sites (tertiary alicyclic amines) is 1. The maximum atomic E-state index is 12.3. The highest BCUT2D eigenvalue weighted by atomic mass is 16.5. The fourth-order valence-corrected chi connectivity index (χ4v) is 3.62. The molecule has 1 aliphatic rings. The van der Waals surface area contributed by atoms with Crippen molar-refractivity contribution in [3.63, 3.8) is 0 Å². The second-order valence-electron chi connectivity index (χ2n) is 6.95. The average molecular weight is 369 g/mol. The van der Waals surface area contributed by atoms with E-state index in [0.717, 1.165) is 18.8 Å². The van der Waals surface area contributed by atoms with E-state index in [0.29, 0.717) is 12.3 Å². The minimum atomic E-state index is -0.0891. The highest BCUT2D eigenvalue weighted by molar-refractivity contribution is 5.77. The van der Waals surface area contributed by atoms with Gasteiger partial charge in [-0.2, -0.15) is 0 Å². The summed E-state index contributed by atoms with van der Waals surface area (Å²) in [6.45, 7) is 2.94. The maximum absolute atomic E-state index is 12.3. The maximum Gasteiger partial charge on any atom is 0.258 e. The highest BCUT2D eigenvalue weighted by Gasteiger charge is 2.26. The van der Waals surface area contributed by atoms with E-state index >= 15 is 0 Å².